The molecule has 0 aliphatic rings. The zero-order chi connectivity index (χ0) is 12.2. The van der Waals surface area contributed by atoms with Gasteiger partial charge in [0.1, 0.15) is 0 Å². The number of ether oxygens (including phenoxy) is 1. The quantitative estimate of drug-likeness (QED) is 0.610. The molecule has 90 valence electrons. The lowest BCUT2D eigenvalue weighted by Gasteiger charge is -2.07. The summed E-state index contributed by atoms with van der Waals surface area (Å²) in [5, 5.41) is 0.329. The predicted molar refractivity (Wildman–Crippen MR) is 62.9 cm³/mol. The molecule has 0 bridgehead atoms. The van der Waals surface area contributed by atoms with E-state index in [4.69, 9.17) is 22.1 Å². The van der Waals surface area contributed by atoms with Crippen LogP contribution in [0.1, 0.15) is 0 Å². The van der Waals surface area contributed by atoms with Gasteiger partial charge in [-0.3, -0.25) is 0 Å². The lowest BCUT2D eigenvalue weighted by molar-refractivity contribution is 0.204. The smallest absolute Gasteiger partial charge is 0.240 e. The van der Waals surface area contributed by atoms with Gasteiger partial charge >= 0.3 is 0 Å². The first-order valence-corrected chi connectivity index (χ1v) is 6.37. The van der Waals surface area contributed by atoms with Crippen molar-refractivity contribution in [1.29, 1.82) is 0 Å². The van der Waals surface area contributed by atoms with Crippen LogP contribution in [0.4, 0.5) is 5.69 Å². The van der Waals surface area contributed by atoms with E-state index >= 15 is 0 Å². The molecule has 0 atom stereocenters. The van der Waals surface area contributed by atoms with Crippen LogP contribution in [0.3, 0.4) is 0 Å². The number of methoxy groups -OCH3 is 1. The van der Waals surface area contributed by atoms with Crippen molar-refractivity contribution >= 4 is 27.3 Å². The van der Waals surface area contributed by atoms with Crippen molar-refractivity contribution in [2.75, 3.05) is 26.0 Å². The summed E-state index contributed by atoms with van der Waals surface area (Å²) in [5.41, 5.74) is 5.76. The van der Waals surface area contributed by atoms with Gasteiger partial charge < -0.3 is 10.5 Å². The fourth-order valence-corrected chi connectivity index (χ4v) is 2.22. The van der Waals surface area contributed by atoms with Gasteiger partial charge in [0, 0.05) is 13.7 Å². The summed E-state index contributed by atoms with van der Waals surface area (Å²) in [6, 6.07) is 4.16. The zero-order valence-electron chi connectivity index (χ0n) is 8.73. The van der Waals surface area contributed by atoms with Crippen LogP contribution in [0.25, 0.3) is 0 Å². The average molecular weight is 265 g/mol. The summed E-state index contributed by atoms with van der Waals surface area (Å²) in [4.78, 5) is 0.0884. The molecule has 1 rings (SSSR count). The van der Waals surface area contributed by atoms with Gasteiger partial charge in [0.2, 0.25) is 10.0 Å². The summed E-state index contributed by atoms with van der Waals surface area (Å²) >= 11 is 5.70. The minimum absolute atomic E-state index is 0.0884. The SMILES string of the molecule is COCCNS(=O)(=O)c1ccc(Cl)c(N)c1. The van der Waals surface area contributed by atoms with Crippen molar-refractivity contribution in [1.82, 2.24) is 4.72 Å². The van der Waals surface area contributed by atoms with Crippen LogP contribution in [0.5, 0.6) is 0 Å². The topological polar surface area (TPSA) is 81.4 Å². The highest BCUT2D eigenvalue weighted by molar-refractivity contribution is 7.89. The highest BCUT2D eigenvalue weighted by Gasteiger charge is 2.14. The van der Waals surface area contributed by atoms with Crippen molar-refractivity contribution in [3.63, 3.8) is 0 Å². The van der Waals surface area contributed by atoms with Gasteiger partial charge in [-0.25, -0.2) is 13.1 Å². The number of hydrogen-bond donors (Lipinski definition) is 2. The average Bonchev–Trinajstić information content (AvgIpc) is 2.22. The maximum atomic E-state index is 11.7. The number of halogens is 1. The number of sulfonamides is 1. The minimum Gasteiger partial charge on any atom is -0.397 e. The van der Waals surface area contributed by atoms with E-state index in [1.807, 2.05) is 0 Å². The molecule has 1 aromatic rings. The van der Waals surface area contributed by atoms with E-state index in [2.05, 4.69) is 4.72 Å². The Bertz CT molecular complexity index is 462. The van der Waals surface area contributed by atoms with E-state index in [0.717, 1.165) is 0 Å². The number of nitrogens with two attached hydrogens (primary N) is 1. The first kappa shape index (κ1) is 13.2. The molecule has 0 saturated carbocycles. The Hall–Kier alpha value is -0.820. The molecule has 0 aliphatic carbocycles. The zero-order valence-corrected chi connectivity index (χ0v) is 10.3. The molecule has 0 saturated heterocycles. The first-order chi connectivity index (χ1) is 7.47. The predicted octanol–water partition coefficient (Wildman–Crippen LogP) is 0.847. The lowest BCUT2D eigenvalue weighted by atomic mass is 10.3. The summed E-state index contributed by atoms with van der Waals surface area (Å²) in [7, 11) is -2.05. The molecule has 7 heteroatoms. The third kappa shape index (κ3) is 3.34. The van der Waals surface area contributed by atoms with Crippen LogP contribution in [-0.4, -0.2) is 28.7 Å². The molecule has 0 radical (unpaired) electrons. The van der Waals surface area contributed by atoms with Crippen molar-refractivity contribution in [2.45, 2.75) is 4.90 Å². The number of benzene rings is 1. The van der Waals surface area contributed by atoms with Gasteiger partial charge in [-0.2, -0.15) is 0 Å². The van der Waals surface area contributed by atoms with Gasteiger partial charge in [-0.15, -0.1) is 0 Å². The van der Waals surface area contributed by atoms with Crippen molar-refractivity contribution < 1.29 is 13.2 Å². The Morgan fingerprint density at radius 3 is 2.75 bits per heavy atom. The van der Waals surface area contributed by atoms with E-state index < -0.39 is 10.0 Å². The van der Waals surface area contributed by atoms with Crippen LogP contribution >= 0.6 is 11.6 Å². The molecule has 0 aliphatic heterocycles. The van der Waals surface area contributed by atoms with Gasteiger partial charge in [0.15, 0.2) is 0 Å². The molecule has 0 amide bonds. The highest BCUT2D eigenvalue weighted by Crippen LogP contribution is 2.21. The monoisotopic (exact) mass is 264 g/mol. The Balaban J connectivity index is 2.86. The molecule has 1 aromatic carbocycles. The second kappa shape index (κ2) is 5.49. The third-order valence-electron chi connectivity index (χ3n) is 1.88. The van der Waals surface area contributed by atoms with E-state index in [9.17, 15) is 8.42 Å². The van der Waals surface area contributed by atoms with Crippen molar-refractivity contribution in [3.8, 4) is 0 Å². The Morgan fingerprint density at radius 2 is 2.19 bits per heavy atom. The maximum absolute atomic E-state index is 11.7. The molecule has 3 N–H and O–H groups in total. The number of hydrogen-bond acceptors (Lipinski definition) is 4. The number of nitrogens with one attached hydrogen (secondary N) is 1. The molecule has 0 heterocycles. The van der Waals surface area contributed by atoms with Crippen LogP contribution in [0.2, 0.25) is 5.02 Å². The van der Waals surface area contributed by atoms with Crippen LogP contribution < -0.4 is 10.5 Å². The molecular weight excluding hydrogens is 252 g/mol. The maximum Gasteiger partial charge on any atom is 0.240 e. The largest absolute Gasteiger partial charge is 0.397 e. The number of anilines is 1. The Labute approximate surface area is 99.6 Å². The van der Waals surface area contributed by atoms with Gasteiger partial charge in [-0.05, 0) is 18.2 Å². The molecule has 0 fully saturated rings. The van der Waals surface area contributed by atoms with E-state index in [-0.39, 0.29) is 17.1 Å². The van der Waals surface area contributed by atoms with E-state index in [0.29, 0.717) is 11.6 Å². The van der Waals surface area contributed by atoms with Crippen molar-refractivity contribution in [2.24, 2.45) is 0 Å². The van der Waals surface area contributed by atoms with Gasteiger partial charge in [-0.1, -0.05) is 11.6 Å². The summed E-state index contributed by atoms with van der Waals surface area (Å²) in [6.45, 7) is 0.518. The number of nitrogen functional groups attached to an aromatic ring is 1. The Kier molecular flexibility index (Phi) is 4.55. The summed E-state index contributed by atoms with van der Waals surface area (Å²) in [5.74, 6) is 0. The normalized spacial score (nSPS) is 11.6. The van der Waals surface area contributed by atoms with Gasteiger partial charge in [0.05, 0.1) is 22.2 Å². The molecule has 0 spiro atoms. The highest BCUT2D eigenvalue weighted by atomic mass is 35.5. The second-order valence-electron chi connectivity index (χ2n) is 3.07. The molecule has 5 nitrogen and oxygen atoms in total. The molecule has 0 unspecified atom stereocenters. The Morgan fingerprint density at radius 1 is 1.50 bits per heavy atom. The summed E-state index contributed by atoms with van der Waals surface area (Å²) < 4.78 is 30.5. The van der Waals surface area contributed by atoms with Crippen LogP contribution in [0, 0.1) is 0 Å². The second-order valence-corrected chi connectivity index (χ2v) is 5.25. The first-order valence-electron chi connectivity index (χ1n) is 4.51. The van der Waals surface area contributed by atoms with Crippen LogP contribution in [0.15, 0.2) is 23.1 Å². The van der Waals surface area contributed by atoms with E-state index in [1.165, 1.54) is 25.3 Å². The lowest BCUT2D eigenvalue weighted by Crippen LogP contribution is -2.27. The third-order valence-corrected chi connectivity index (χ3v) is 3.68. The number of rotatable bonds is 5. The van der Waals surface area contributed by atoms with Crippen LogP contribution in [-0.2, 0) is 14.8 Å². The molecular formula is C9H13ClN2O3S. The fourth-order valence-electron chi connectivity index (χ4n) is 1.05. The standard InChI is InChI=1S/C9H13ClN2O3S/c1-15-5-4-12-16(13,14)7-2-3-8(10)9(11)6-7/h2-3,6,12H,4-5,11H2,1H3. The molecule has 16 heavy (non-hydrogen) atoms. The summed E-state index contributed by atoms with van der Waals surface area (Å²) in [6.07, 6.45) is 0. The van der Waals surface area contributed by atoms with E-state index in [1.54, 1.807) is 0 Å². The van der Waals surface area contributed by atoms with Gasteiger partial charge in [0.25, 0.3) is 0 Å². The minimum atomic E-state index is -3.54. The fraction of sp³-hybridized carbons (Fsp3) is 0.333. The van der Waals surface area contributed by atoms with Crippen molar-refractivity contribution in [3.05, 3.63) is 23.2 Å². The molecule has 0 aromatic heterocycles.